The zero-order chi connectivity index (χ0) is 23.5. The molecule has 0 bridgehead atoms. The van der Waals surface area contributed by atoms with Crippen molar-refractivity contribution >= 4 is 17.5 Å². The topological polar surface area (TPSA) is 76.0 Å². The number of rotatable bonds is 8. The monoisotopic (exact) mass is 462 g/mol. The van der Waals surface area contributed by atoms with Gasteiger partial charge in [-0.05, 0) is 74.6 Å². The van der Waals surface area contributed by atoms with Crippen LogP contribution in [-0.4, -0.2) is 52.5 Å². The number of methoxy groups -OCH3 is 1. The molecule has 4 atom stereocenters. The Balaban J connectivity index is 1.89. The first kappa shape index (κ1) is 24.9. The third-order valence-electron chi connectivity index (χ3n) is 5.74. The van der Waals surface area contributed by atoms with Gasteiger partial charge in [0, 0.05) is 18.4 Å². The number of ether oxygens (including phenoxy) is 2. The van der Waals surface area contributed by atoms with Crippen LogP contribution in [-0.2, 0) is 20.7 Å². The molecule has 4 unspecified atom stereocenters. The first-order valence-corrected chi connectivity index (χ1v) is 11.6. The molecule has 174 valence electrons. The summed E-state index contributed by atoms with van der Waals surface area (Å²) >= 11 is 1.31. The van der Waals surface area contributed by atoms with Crippen LogP contribution in [0.15, 0.2) is 47.4 Å². The van der Waals surface area contributed by atoms with Crippen molar-refractivity contribution in [1.29, 1.82) is 0 Å². The van der Waals surface area contributed by atoms with Crippen LogP contribution in [0.4, 0.5) is 4.39 Å². The molecule has 0 aromatic heterocycles. The van der Waals surface area contributed by atoms with Crippen LogP contribution in [0.1, 0.15) is 39.2 Å². The van der Waals surface area contributed by atoms with Crippen LogP contribution in [0.3, 0.4) is 0 Å². The van der Waals surface area contributed by atoms with Gasteiger partial charge in [-0.1, -0.05) is 30.0 Å². The van der Waals surface area contributed by atoms with E-state index in [0.717, 1.165) is 21.6 Å². The van der Waals surface area contributed by atoms with E-state index in [0.29, 0.717) is 19.3 Å². The average Bonchev–Trinajstić information content (AvgIpc) is 2.72. The Hall–Kier alpha value is -1.77. The van der Waals surface area contributed by atoms with Gasteiger partial charge < -0.3 is 24.5 Å². The van der Waals surface area contributed by atoms with E-state index >= 15 is 0 Å². The van der Waals surface area contributed by atoms with Gasteiger partial charge in [0.2, 0.25) is 0 Å². The van der Waals surface area contributed by atoms with Crippen molar-refractivity contribution in [3.8, 4) is 11.1 Å². The number of Topliss-reactive ketones (excluding diaryl/α,β-unsaturated/α-hetero) is 1. The van der Waals surface area contributed by atoms with Gasteiger partial charge in [-0.2, -0.15) is 0 Å². The Morgan fingerprint density at radius 1 is 1.19 bits per heavy atom. The highest BCUT2D eigenvalue weighted by Crippen LogP contribution is 2.40. The standard InChI is InChI=1S/C25H31FO5S/c1-15(27)7-5-8-16-11-12-19(14-20(16)17-9-6-10-18(26)13-17)32-24-22(29)21(28)23(30-4)25(2,3)31-24/h6,9-14,21-24,28-29H,5,7-8H2,1-4H3. The highest BCUT2D eigenvalue weighted by atomic mass is 32.2. The number of aryl methyl sites for hydroxylation is 1. The predicted molar refractivity (Wildman–Crippen MR) is 123 cm³/mol. The van der Waals surface area contributed by atoms with E-state index in [2.05, 4.69) is 0 Å². The maximum Gasteiger partial charge on any atom is 0.137 e. The third-order valence-corrected chi connectivity index (χ3v) is 6.88. The molecule has 1 heterocycles. The molecule has 5 nitrogen and oxygen atoms in total. The van der Waals surface area contributed by atoms with Gasteiger partial charge in [0.25, 0.3) is 0 Å². The fourth-order valence-corrected chi connectivity index (χ4v) is 5.34. The number of halogens is 1. The Morgan fingerprint density at radius 2 is 1.94 bits per heavy atom. The van der Waals surface area contributed by atoms with Gasteiger partial charge in [-0.25, -0.2) is 4.39 Å². The van der Waals surface area contributed by atoms with Gasteiger partial charge in [0.15, 0.2) is 0 Å². The summed E-state index contributed by atoms with van der Waals surface area (Å²) in [7, 11) is 1.48. The average molecular weight is 463 g/mol. The summed E-state index contributed by atoms with van der Waals surface area (Å²) in [5.74, 6) is -0.180. The highest BCUT2D eigenvalue weighted by molar-refractivity contribution is 7.99. The molecule has 2 aromatic carbocycles. The number of thioether (sulfide) groups is 1. The van der Waals surface area contributed by atoms with E-state index in [1.54, 1.807) is 13.0 Å². The van der Waals surface area contributed by atoms with Crippen LogP contribution < -0.4 is 0 Å². The summed E-state index contributed by atoms with van der Waals surface area (Å²) in [6, 6.07) is 12.2. The number of aliphatic hydroxyl groups is 2. The lowest BCUT2D eigenvalue weighted by atomic mass is 9.90. The molecule has 1 saturated heterocycles. The van der Waals surface area contributed by atoms with Gasteiger partial charge in [-0.15, -0.1) is 0 Å². The smallest absolute Gasteiger partial charge is 0.137 e. The van der Waals surface area contributed by atoms with Crippen LogP contribution in [0, 0.1) is 5.82 Å². The van der Waals surface area contributed by atoms with E-state index in [1.807, 2.05) is 38.1 Å². The molecule has 0 amide bonds. The summed E-state index contributed by atoms with van der Waals surface area (Å²) in [5.41, 5.74) is 1.15. The van der Waals surface area contributed by atoms with Crippen LogP contribution in [0.5, 0.6) is 0 Å². The highest BCUT2D eigenvalue weighted by Gasteiger charge is 2.49. The second-order valence-electron chi connectivity index (χ2n) is 8.73. The van der Waals surface area contributed by atoms with Gasteiger partial charge in [-0.3, -0.25) is 0 Å². The molecule has 0 saturated carbocycles. The molecule has 7 heteroatoms. The molecule has 0 radical (unpaired) electrons. The second kappa shape index (κ2) is 10.4. The summed E-state index contributed by atoms with van der Waals surface area (Å²) < 4.78 is 25.3. The number of hydrogen-bond acceptors (Lipinski definition) is 6. The number of benzene rings is 2. The lowest BCUT2D eigenvalue weighted by molar-refractivity contribution is -0.240. The van der Waals surface area contributed by atoms with Crippen molar-refractivity contribution < 1.29 is 28.9 Å². The molecule has 32 heavy (non-hydrogen) atoms. The minimum Gasteiger partial charge on any atom is -0.387 e. The molecule has 1 aliphatic rings. The van der Waals surface area contributed by atoms with E-state index < -0.39 is 29.3 Å². The maximum absolute atomic E-state index is 13.9. The van der Waals surface area contributed by atoms with E-state index in [4.69, 9.17) is 9.47 Å². The first-order chi connectivity index (χ1) is 15.1. The van der Waals surface area contributed by atoms with Crippen molar-refractivity contribution in [2.75, 3.05) is 7.11 Å². The molecule has 1 fully saturated rings. The molecule has 2 N–H and O–H groups in total. The van der Waals surface area contributed by atoms with Crippen molar-refractivity contribution in [2.24, 2.45) is 0 Å². The lowest BCUT2D eigenvalue weighted by Gasteiger charge is -2.46. The fourth-order valence-electron chi connectivity index (χ4n) is 4.14. The number of ketones is 1. The summed E-state index contributed by atoms with van der Waals surface area (Å²) in [6.07, 6.45) is -0.968. The molecule has 2 aromatic rings. The summed E-state index contributed by atoms with van der Waals surface area (Å²) in [5, 5.41) is 21.2. The number of aliphatic hydroxyl groups excluding tert-OH is 2. The van der Waals surface area contributed by atoms with Crippen LogP contribution in [0.2, 0.25) is 0 Å². The van der Waals surface area contributed by atoms with E-state index in [-0.39, 0.29) is 11.6 Å². The third kappa shape index (κ3) is 5.77. The zero-order valence-electron chi connectivity index (χ0n) is 18.9. The van der Waals surface area contributed by atoms with Crippen molar-refractivity contribution in [3.05, 3.63) is 53.8 Å². The van der Waals surface area contributed by atoms with E-state index in [9.17, 15) is 19.4 Å². The maximum atomic E-state index is 13.9. The normalized spacial score (nSPS) is 25.0. The molecule has 0 spiro atoms. The first-order valence-electron chi connectivity index (χ1n) is 10.7. The van der Waals surface area contributed by atoms with Gasteiger partial charge in [0.05, 0.1) is 5.60 Å². The van der Waals surface area contributed by atoms with E-state index in [1.165, 1.54) is 31.0 Å². The second-order valence-corrected chi connectivity index (χ2v) is 9.90. The largest absolute Gasteiger partial charge is 0.387 e. The molecular formula is C25H31FO5S. The number of carbonyl (C=O) groups excluding carboxylic acids is 1. The Morgan fingerprint density at radius 3 is 2.59 bits per heavy atom. The quantitative estimate of drug-likeness (QED) is 0.607. The molecular weight excluding hydrogens is 431 g/mol. The fraction of sp³-hybridized carbons (Fsp3) is 0.480. The molecule has 1 aliphatic heterocycles. The molecule has 3 rings (SSSR count). The van der Waals surface area contributed by atoms with Crippen LogP contribution >= 0.6 is 11.8 Å². The number of hydrogen-bond donors (Lipinski definition) is 2. The Bertz CT molecular complexity index is 948. The van der Waals surface area contributed by atoms with Crippen molar-refractivity contribution in [3.63, 3.8) is 0 Å². The predicted octanol–water partition coefficient (Wildman–Crippen LogP) is 4.37. The SMILES string of the molecule is COC1C(O)C(O)C(Sc2ccc(CCCC(C)=O)c(-c3cccc(F)c3)c2)OC1(C)C. The molecule has 0 aliphatic carbocycles. The van der Waals surface area contributed by atoms with Crippen LogP contribution in [0.25, 0.3) is 11.1 Å². The minimum atomic E-state index is -1.13. The number of carbonyl (C=O) groups is 1. The minimum absolute atomic E-state index is 0.142. The van der Waals surface area contributed by atoms with Gasteiger partial charge in [0.1, 0.15) is 35.3 Å². The lowest BCUT2D eigenvalue weighted by Crippen LogP contribution is -2.61. The van der Waals surface area contributed by atoms with Crippen molar-refractivity contribution in [2.45, 2.75) is 74.3 Å². The van der Waals surface area contributed by atoms with Gasteiger partial charge >= 0.3 is 0 Å². The van der Waals surface area contributed by atoms with Crippen molar-refractivity contribution in [1.82, 2.24) is 0 Å². The zero-order valence-corrected chi connectivity index (χ0v) is 19.7. The Kier molecular flexibility index (Phi) is 8.11. The summed E-state index contributed by atoms with van der Waals surface area (Å²) in [4.78, 5) is 12.2. The summed E-state index contributed by atoms with van der Waals surface area (Å²) in [6.45, 7) is 5.22. The Labute approximate surface area is 192 Å².